The molecule has 0 aliphatic heterocycles. The van der Waals surface area contributed by atoms with Crippen LogP contribution in [0.2, 0.25) is 0 Å². The number of hydrogen-bond acceptors (Lipinski definition) is 3. The zero-order valence-corrected chi connectivity index (χ0v) is 12.5. The molecule has 2 aromatic rings. The molecule has 2 unspecified atom stereocenters. The highest BCUT2D eigenvalue weighted by atomic mass is 32.1. The van der Waals surface area contributed by atoms with Crippen LogP contribution in [0.4, 0.5) is 0 Å². The molecule has 1 saturated carbocycles. The third-order valence-corrected chi connectivity index (χ3v) is 4.43. The van der Waals surface area contributed by atoms with Crippen LogP contribution in [-0.4, -0.2) is 32.5 Å². The molecule has 19 heavy (non-hydrogen) atoms. The molecule has 0 aromatic carbocycles. The van der Waals surface area contributed by atoms with Gasteiger partial charge in [-0.25, -0.2) is 4.68 Å². The molecule has 1 N–H and O–H groups in total. The maximum atomic E-state index is 5.51. The Morgan fingerprint density at radius 3 is 2.89 bits per heavy atom. The number of aryl methyl sites for hydroxylation is 2. The predicted octanol–water partition coefficient (Wildman–Crippen LogP) is 2.96. The van der Waals surface area contributed by atoms with Crippen molar-refractivity contribution < 1.29 is 4.74 Å². The highest BCUT2D eigenvalue weighted by Gasteiger charge is 2.29. The van der Waals surface area contributed by atoms with Gasteiger partial charge in [-0.15, -0.1) is 0 Å². The number of aromatic amines is 1. The van der Waals surface area contributed by atoms with Crippen LogP contribution in [0, 0.1) is 11.7 Å². The Morgan fingerprint density at radius 1 is 1.47 bits per heavy atom. The van der Waals surface area contributed by atoms with Gasteiger partial charge in [-0.1, -0.05) is 0 Å². The number of H-pyrrole nitrogens is 1. The molecule has 3 rings (SSSR count). The van der Waals surface area contributed by atoms with Gasteiger partial charge in [0.05, 0.1) is 11.8 Å². The summed E-state index contributed by atoms with van der Waals surface area (Å²) in [4.78, 5) is 3.31. The summed E-state index contributed by atoms with van der Waals surface area (Å²) in [5.74, 6) is 0. The van der Waals surface area contributed by atoms with Crippen molar-refractivity contribution in [1.82, 2.24) is 19.3 Å². The average Bonchev–Trinajstić information content (AvgIpc) is 3.05. The van der Waals surface area contributed by atoms with Gasteiger partial charge < -0.3 is 9.72 Å². The van der Waals surface area contributed by atoms with E-state index in [0.717, 1.165) is 47.4 Å². The minimum Gasteiger partial charge on any atom is -0.381 e. The molecule has 2 heterocycles. The highest BCUT2D eigenvalue weighted by Crippen LogP contribution is 2.34. The first-order valence-electron chi connectivity index (χ1n) is 6.86. The van der Waals surface area contributed by atoms with Crippen LogP contribution in [0.25, 0.3) is 11.2 Å². The first-order chi connectivity index (χ1) is 9.15. The van der Waals surface area contributed by atoms with Crippen molar-refractivity contribution in [1.29, 1.82) is 0 Å². The van der Waals surface area contributed by atoms with Crippen LogP contribution in [0.3, 0.4) is 0 Å². The van der Waals surface area contributed by atoms with Crippen molar-refractivity contribution in [3.8, 4) is 0 Å². The van der Waals surface area contributed by atoms with E-state index >= 15 is 0 Å². The Morgan fingerprint density at radius 2 is 2.26 bits per heavy atom. The lowest BCUT2D eigenvalue weighted by molar-refractivity contribution is 0.106. The number of hydrogen-bond donors (Lipinski definition) is 1. The van der Waals surface area contributed by atoms with Crippen LogP contribution >= 0.6 is 12.2 Å². The maximum Gasteiger partial charge on any atom is 0.179 e. The third-order valence-electron chi connectivity index (χ3n) is 4.13. The fourth-order valence-electron chi connectivity index (χ4n) is 3.15. The molecule has 2 aromatic heterocycles. The number of nitrogens with one attached hydrogen (secondary N) is 1. The van der Waals surface area contributed by atoms with Gasteiger partial charge in [-0.2, -0.15) is 5.10 Å². The normalized spacial score (nSPS) is 23.5. The molecule has 0 saturated heterocycles. The summed E-state index contributed by atoms with van der Waals surface area (Å²) in [6.45, 7) is 4.99. The van der Waals surface area contributed by atoms with Gasteiger partial charge in [0.1, 0.15) is 5.52 Å². The molecule has 0 radical (unpaired) electrons. The Hall–Kier alpha value is -1.14. The van der Waals surface area contributed by atoms with Crippen molar-refractivity contribution >= 4 is 23.4 Å². The molecule has 104 valence electrons. The molecule has 5 nitrogen and oxygen atoms in total. The van der Waals surface area contributed by atoms with E-state index in [1.165, 1.54) is 0 Å². The van der Waals surface area contributed by atoms with E-state index in [-0.39, 0.29) is 0 Å². The minimum absolute atomic E-state index is 0.357. The van der Waals surface area contributed by atoms with Crippen molar-refractivity contribution in [3.05, 3.63) is 10.5 Å². The van der Waals surface area contributed by atoms with E-state index in [4.69, 9.17) is 17.0 Å². The molecular weight excluding hydrogens is 260 g/mol. The molecule has 1 aliphatic carbocycles. The number of methoxy groups -OCH3 is 1. The van der Waals surface area contributed by atoms with Gasteiger partial charge in [0.2, 0.25) is 0 Å². The van der Waals surface area contributed by atoms with Crippen molar-refractivity contribution in [3.63, 3.8) is 0 Å². The summed E-state index contributed by atoms with van der Waals surface area (Å²) in [6.07, 6.45) is 3.62. The molecule has 6 heteroatoms. The van der Waals surface area contributed by atoms with E-state index in [1.807, 2.05) is 11.6 Å². The number of nitrogens with zero attached hydrogens (tertiary/aromatic N) is 3. The zero-order valence-electron chi connectivity index (χ0n) is 11.6. The smallest absolute Gasteiger partial charge is 0.179 e. The van der Waals surface area contributed by atoms with Crippen molar-refractivity contribution in [2.75, 3.05) is 7.11 Å². The van der Waals surface area contributed by atoms with Gasteiger partial charge in [0, 0.05) is 19.7 Å². The zero-order chi connectivity index (χ0) is 13.6. The molecular formula is C13H20N4OS. The first-order valence-corrected chi connectivity index (χ1v) is 7.27. The van der Waals surface area contributed by atoms with Crippen LogP contribution in [0.15, 0.2) is 0 Å². The van der Waals surface area contributed by atoms with Crippen LogP contribution in [0.5, 0.6) is 0 Å². The molecule has 0 bridgehead atoms. The summed E-state index contributed by atoms with van der Waals surface area (Å²) in [6, 6.07) is 0.424. The second-order valence-corrected chi connectivity index (χ2v) is 5.61. The Bertz CT molecular complexity index is 653. The predicted molar refractivity (Wildman–Crippen MR) is 77.0 cm³/mol. The summed E-state index contributed by atoms with van der Waals surface area (Å²) in [5.41, 5.74) is 3.22. The van der Waals surface area contributed by atoms with Gasteiger partial charge in [-0.05, 0) is 45.3 Å². The fraction of sp³-hybridized carbons (Fsp3) is 0.692. The topological polar surface area (TPSA) is 47.8 Å². The Balaban J connectivity index is 2.12. The molecule has 2 atom stereocenters. The van der Waals surface area contributed by atoms with Crippen LogP contribution in [0.1, 0.15) is 37.9 Å². The Labute approximate surface area is 117 Å². The molecule has 1 aliphatic rings. The summed E-state index contributed by atoms with van der Waals surface area (Å²) >= 11 is 5.51. The van der Waals surface area contributed by atoms with E-state index in [2.05, 4.69) is 21.6 Å². The van der Waals surface area contributed by atoms with E-state index in [9.17, 15) is 0 Å². The van der Waals surface area contributed by atoms with Gasteiger partial charge >= 0.3 is 0 Å². The van der Waals surface area contributed by atoms with Gasteiger partial charge in [0.25, 0.3) is 0 Å². The number of aromatic nitrogens is 4. The number of rotatable bonds is 3. The van der Waals surface area contributed by atoms with E-state index in [0.29, 0.717) is 12.1 Å². The van der Waals surface area contributed by atoms with Gasteiger partial charge in [0.15, 0.2) is 10.4 Å². The number of imidazole rings is 1. The minimum atomic E-state index is 0.357. The summed E-state index contributed by atoms with van der Waals surface area (Å²) in [7, 11) is 1.79. The number of fused-ring (bicyclic) bond motifs is 1. The second-order valence-electron chi connectivity index (χ2n) is 5.22. The average molecular weight is 280 g/mol. The SMILES string of the molecule is CCn1nc(C)c2[nH]c(=S)n(C3CCC(OC)C3)c21. The lowest BCUT2D eigenvalue weighted by atomic mass is 10.2. The lowest BCUT2D eigenvalue weighted by Gasteiger charge is -2.14. The van der Waals surface area contributed by atoms with Crippen molar-refractivity contribution in [2.24, 2.45) is 0 Å². The second kappa shape index (κ2) is 4.76. The summed E-state index contributed by atoms with van der Waals surface area (Å²) in [5, 5.41) is 4.57. The largest absolute Gasteiger partial charge is 0.381 e. The third kappa shape index (κ3) is 1.94. The monoisotopic (exact) mass is 280 g/mol. The van der Waals surface area contributed by atoms with Crippen LogP contribution in [-0.2, 0) is 11.3 Å². The fourth-order valence-corrected chi connectivity index (χ4v) is 3.49. The first kappa shape index (κ1) is 12.9. The lowest BCUT2D eigenvalue weighted by Crippen LogP contribution is -2.11. The standard InChI is InChI=1S/C13H20N4OS/c1-4-16-12-11(8(2)15-16)14-13(19)17(12)9-5-6-10(7-9)18-3/h9-10H,4-7H2,1-3H3,(H,14,19). The quantitative estimate of drug-likeness (QED) is 0.879. The Kier molecular flexibility index (Phi) is 3.22. The van der Waals surface area contributed by atoms with Gasteiger partial charge in [-0.3, -0.25) is 4.57 Å². The summed E-state index contributed by atoms with van der Waals surface area (Å²) < 4.78 is 10.6. The maximum absolute atomic E-state index is 5.51. The van der Waals surface area contributed by atoms with E-state index < -0.39 is 0 Å². The van der Waals surface area contributed by atoms with E-state index in [1.54, 1.807) is 7.11 Å². The molecule has 0 spiro atoms. The molecule has 1 fully saturated rings. The number of ether oxygens (including phenoxy) is 1. The molecule has 0 amide bonds. The highest BCUT2D eigenvalue weighted by molar-refractivity contribution is 7.71. The van der Waals surface area contributed by atoms with Crippen LogP contribution < -0.4 is 0 Å². The van der Waals surface area contributed by atoms with Crippen molar-refractivity contribution in [2.45, 2.75) is 51.8 Å².